The second kappa shape index (κ2) is 10.3. The lowest BCUT2D eigenvalue weighted by molar-refractivity contribution is -0.000147. The minimum absolute atomic E-state index is 0.112. The van der Waals surface area contributed by atoms with Gasteiger partial charge in [-0.25, -0.2) is 4.98 Å². The van der Waals surface area contributed by atoms with Crippen LogP contribution in [-0.4, -0.2) is 89.3 Å². The number of aromatic nitrogens is 2. The van der Waals surface area contributed by atoms with Crippen LogP contribution in [0.25, 0.3) is 0 Å². The average Bonchev–Trinajstić information content (AvgIpc) is 3.33. The van der Waals surface area contributed by atoms with Crippen molar-refractivity contribution in [2.24, 2.45) is 0 Å². The molecular formula is C24H33N5O3. The third-order valence-corrected chi connectivity index (χ3v) is 6.28. The predicted octanol–water partition coefficient (Wildman–Crippen LogP) is 2.05. The van der Waals surface area contributed by atoms with E-state index in [0.29, 0.717) is 25.1 Å². The van der Waals surface area contributed by atoms with Gasteiger partial charge in [0.05, 0.1) is 18.3 Å². The molecular weight excluding hydrogens is 406 g/mol. The lowest BCUT2D eigenvalue weighted by Crippen LogP contribution is -2.54. The van der Waals surface area contributed by atoms with E-state index < -0.39 is 5.60 Å². The Kier molecular flexibility index (Phi) is 7.22. The van der Waals surface area contributed by atoms with Gasteiger partial charge in [-0.3, -0.25) is 14.7 Å². The third kappa shape index (κ3) is 5.75. The number of hydrogen-bond acceptors (Lipinski definition) is 7. The highest BCUT2D eigenvalue weighted by Crippen LogP contribution is 2.26. The number of carbonyl (C=O) groups is 1. The number of carbonyl (C=O) groups excluding carboxylic acids is 1. The molecule has 0 saturated carbocycles. The molecule has 0 bridgehead atoms. The Morgan fingerprint density at radius 1 is 1.16 bits per heavy atom. The Bertz CT molecular complexity index is 873. The summed E-state index contributed by atoms with van der Waals surface area (Å²) in [7, 11) is 1.74. The van der Waals surface area contributed by atoms with Crippen LogP contribution in [0.5, 0.6) is 5.75 Å². The van der Waals surface area contributed by atoms with Gasteiger partial charge in [0.2, 0.25) is 0 Å². The van der Waals surface area contributed by atoms with Crippen molar-refractivity contribution in [2.45, 2.75) is 31.3 Å². The Labute approximate surface area is 189 Å². The van der Waals surface area contributed by atoms with Crippen LogP contribution in [0, 0.1) is 0 Å². The molecule has 2 saturated heterocycles. The molecule has 0 unspecified atom stereocenters. The van der Waals surface area contributed by atoms with Gasteiger partial charge in [0.15, 0.2) is 0 Å². The van der Waals surface area contributed by atoms with Gasteiger partial charge in [-0.1, -0.05) is 0 Å². The third-order valence-electron chi connectivity index (χ3n) is 6.28. The van der Waals surface area contributed by atoms with Gasteiger partial charge < -0.3 is 19.6 Å². The summed E-state index contributed by atoms with van der Waals surface area (Å²) < 4.78 is 5.83. The number of piperidine rings is 1. The Morgan fingerprint density at radius 3 is 2.66 bits per heavy atom. The number of rotatable bonds is 8. The molecule has 1 atom stereocenters. The summed E-state index contributed by atoms with van der Waals surface area (Å²) in [6.45, 7) is 5.41. The summed E-state index contributed by atoms with van der Waals surface area (Å²) in [4.78, 5) is 27.4. The van der Waals surface area contributed by atoms with Crippen LogP contribution in [0.4, 0.5) is 5.82 Å². The van der Waals surface area contributed by atoms with E-state index in [2.05, 4.69) is 14.9 Å². The van der Waals surface area contributed by atoms with Gasteiger partial charge in [-0.2, -0.15) is 0 Å². The quantitative estimate of drug-likeness (QED) is 0.674. The normalized spacial score (nSPS) is 21.5. The highest BCUT2D eigenvalue weighted by atomic mass is 16.5. The number of ether oxygens (including phenoxy) is 1. The molecule has 1 aromatic heterocycles. The minimum atomic E-state index is -0.987. The first kappa shape index (κ1) is 22.5. The zero-order chi connectivity index (χ0) is 22.4. The lowest BCUT2D eigenvalue weighted by atomic mass is 9.92. The van der Waals surface area contributed by atoms with Crippen LogP contribution in [0.15, 0.2) is 42.9 Å². The molecule has 1 amide bonds. The lowest BCUT2D eigenvalue weighted by Gasteiger charge is -2.41. The molecule has 2 aromatic rings. The van der Waals surface area contributed by atoms with Gasteiger partial charge in [0, 0.05) is 44.6 Å². The van der Waals surface area contributed by atoms with Crippen LogP contribution >= 0.6 is 0 Å². The zero-order valence-electron chi connectivity index (χ0n) is 18.8. The van der Waals surface area contributed by atoms with Crippen molar-refractivity contribution >= 4 is 11.7 Å². The zero-order valence-corrected chi connectivity index (χ0v) is 18.8. The number of amides is 1. The average molecular weight is 440 g/mol. The molecule has 2 aliphatic heterocycles. The standard InChI is InChI=1S/C24H33N5O3/c1-27(18-24(31)9-4-14-29(19-24)22-17-25-10-11-26-22)23(30)20-5-7-21(8-6-20)32-16-15-28-12-2-3-13-28/h5-8,10-11,17,31H,2-4,9,12-16,18-19H2,1H3/t24-/m1/s1. The van der Waals surface area contributed by atoms with Gasteiger partial charge in [-0.05, 0) is 63.0 Å². The molecule has 8 nitrogen and oxygen atoms in total. The maximum absolute atomic E-state index is 12.9. The van der Waals surface area contributed by atoms with Crippen molar-refractivity contribution in [3.63, 3.8) is 0 Å². The molecule has 0 spiro atoms. The molecule has 172 valence electrons. The Balaban J connectivity index is 1.29. The van der Waals surface area contributed by atoms with Crippen molar-refractivity contribution in [2.75, 3.05) is 57.8 Å². The monoisotopic (exact) mass is 439 g/mol. The fourth-order valence-electron chi connectivity index (χ4n) is 4.62. The second-order valence-corrected chi connectivity index (χ2v) is 8.90. The molecule has 32 heavy (non-hydrogen) atoms. The van der Waals surface area contributed by atoms with E-state index in [4.69, 9.17) is 4.74 Å². The molecule has 8 heteroatoms. The van der Waals surface area contributed by atoms with Crippen LogP contribution < -0.4 is 9.64 Å². The maximum atomic E-state index is 12.9. The Hall–Kier alpha value is -2.71. The van der Waals surface area contributed by atoms with Gasteiger partial charge in [-0.15, -0.1) is 0 Å². The molecule has 1 N–H and O–H groups in total. The second-order valence-electron chi connectivity index (χ2n) is 8.90. The number of nitrogens with zero attached hydrogens (tertiary/aromatic N) is 5. The topological polar surface area (TPSA) is 82.0 Å². The van der Waals surface area contributed by atoms with Gasteiger partial charge in [0.25, 0.3) is 5.91 Å². The molecule has 4 rings (SSSR count). The number of anilines is 1. The fourth-order valence-corrected chi connectivity index (χ4v) is 4.62. The molecule has 0 aliphatic carbocycles. The van der Waals surface area contributed by atoms with Crippen LogP contribution in [0.2, 0.25) is 0 Å². The summed E-state index contributed by atoms with van der Waals surface area (Å²) in [5, 5.41) is 11.2. The fraction of sp³-hybridized carbons (Fsp3) is 0.542. The van der Waals surface area contributed by atoms with E-state index in [0.717, 1.165) is 44.2 Å². The van der Waals surface area contributed by atoms with Crippen molar-refractivity contribution in [1.29, 1.82) is 0 Å². The molecule has 3 heterocycles. The number of likely N-dealkylation sites (N-methyl/N-ethyl adjacent to an activating group) is 1. The number of aliphatic hydroxyl groups is 1. The summed E-state index contributed by atoms with van der Waals surface area (Å²) in [5.74, 6) is 1.41. The summed E-state index contributed by atoms with van der Waals surface area (Å²) in [6, 6.07) is 7.27. The molecule has 0 radical (unpaired) electrons. The van der Waals surface area contributed by atoms with E-state index in [1.165, 1.54) is 12.8 Å². The van der Waals surface area contributed by atoms with E-state index >= 15 is 0 Å². The van der Waals surface area contributed by atoms with Crippen molar-refractivity contribution in [3.05, 3.63) is 48.4 Å². The van der Waals surface area contributed by atoms with Crippen molar-refractivity contribution in [1.82, 2.24) is 19.8 Å². The number of likely N-dealkylation sites (tertiary alicyclic amines) is 1. The van der Waals surface area contributed by atoms with Crippen molar-refractivity contribution in [3.8, 4) is 5.75 Å². The molecule has 1 aromatic carbocycles. The number of β-amino-alcohol motifs (C(OH)–C–C–N with tert-alkyl or cyclic N) is 1. The van der Waals surface area contributed by atoms with Crippen LogP contribution in [-0.2, 0) is 0 Å². The maximum Gasteiger partial charge on any atom is 0.253 e. The summed E-state index contributed by atoms with van der Waals surface area (Å²) in [6.07, 6.45) is 9.02. The predicted molar refractivity (Wildman–Crippen MR) is 123 cm³/mol. The van der Waals surface area contributed by atoms with Gasteiger partial charge in [0.1, 0.15) is 18.2 Å². The first-order valence-corrected chi connectivity index (χ1v) is 11.5. The van der Waals surface area contributed by atoms with Gasteiger partial charge >= 0.3 is 0 Å². The summed E-state index contributed by atoms with van der Waals surface area (Å²) >= 11 is 0. The molecule has 2 aliphatic rings. The Morgan fingerprint density at radius 2 is 1.94 bits per heavy atom. The minimum Gasteiger partial charge on any atom is -0.492 e. The smallest absolute Gasteiger partial charge is 0.253 e. The summed E-state index contributed by atoms with van der Waals surface area (Å²) in [5.41, 5.74) is -0.400. The van der Waals surface area contributed by atoms with E-state index in [9.17, 15) is 9.90 Å². The largest absolute Gasteiger partial charge is 0.492 e. The van der Waals surface area contributed by atoms with E-state index in [-0.39, 0.29) is 12.5 Å². The number of hydrogen-bond donors (Lipinski definition) is 1. The van der Waals surface area contributed by atoms with Crippen molar-refractivity contribution < 1.29 is 14.6 Å². The van der Waals surface area contributed by atoms with E-state index in [1.54, 1.807) is 42.7 Å². The van der Waals surface area contributed by atoms with Crippen LogP contribution in [0.3, 0.4) is 0 Å². The first-order valence-electron chi connectivity index (χ1n) is 11.5. The highest BCUT2D eigenvalue weighted by molar-refractivity contribution is 5.94. The number of benzene rings is 1. The first-order chi connectivity index (χ1) is 15.5. The van der Waals surface area contributed by atoms with E-state index in [1.807, 2.05) is 17.0 Å². The SMILES string of the molecule is CN(C[C@]1(O)CCCN(c2cnccn2)C1)C(=O)c1ccc(OCCN2CCCC2)cc1. The highest BCUT2D eigenvalue weighted by Gasteiger charge is 2.36. The van der Waals surface area contributed by atoms with Crippen LogP contribution in [0.1, 0.15) is 36.0 Å². The molecule has 2 fully saturated rings.